The van der Waals surface area contributed by atoms with E-state index in [-0.39, 0.29) is 5.91 Å². The number of piperidine rings is 1. The van der Waals surface area contributed by atoms with Crippen LogP contribution in [0, 0.1) is 18.8 Å². The summed E-state index contributed by atoms with van der Waals surface area (Å²) in [4.78, 5) is 23.8. The van der Waals surface area contributed by atoms with Crippen molar-refractivity contribution in [3.8, 4) is 11.3 Å². The number of halogens is 1. The van der Waals surface area contributed by atoms with Gasteiger partial charge in [0.15, 0.2) is 5.13 Å². The molecule has 1 aliphatic rings. The fourth-order valence-corrected chi connectivity index (χ4v) is 6.30. The summed E-state index contributed by atoms with van der Waals surface area (Å²) in [5.74, 6) is 1.27. The van der Waals surface area contributed by atoms with E-state index in [4.69, 9.17) is 22.3 Å². The van der Waals surface area contributed by atoms with E-state index in [0.29, 0.717) is 37.9 Å². The van der Waals surface area contributed by atoms with Crippen molar-refractivity contribution in [1.29, 1.82) is 0 Å². The number of anilines is 1. The molecule has 3 aromatic rings. The second-order valence-corrected chi connectivity index (χ2v) is 12.0. The first-order chi connectivity index (χ1) is 18.8. The quantitative estimate of drug-likeness (QED) is 0.273. The second-order valence-electron chi connectivity index (χ2n) is 10.5. The minimum Gasteiger partial charge on any atom is -0.343 e. The van der Waals surface area contributed by atoms with Gasteiger partial charge in [0.2, 0.25) is 5.91 Å². The standard InChI is InChI=1S/C30H39ClN4OS.C2H6/c1-21(2)17-27-29(25-10-9-22(3)26(31)18-25)33-30(37-27)35(20-24-7-5-4-6-8-24)16-13-28(36)34-14-11-23(19-32)12-15-34;1-2/h4-10,18,21,23H,11-17,19-20,32H2,1-3H3;1-2H3. The highest BCUT2D eigenvalue weighted by Crippen LogP contribution is 2.37. The molecule has 212 valence electrons. The summed E-state index contributed by atoms with van der Waals surface area (Å²) in [5.41, 5.74) is 10.2. The van der Waals surface area contributed by atoms with Crippen LogP contribution in [0.5, 0.6) is 0 Å². The number of hydrogen-bond donors (Lipinski definition) is 1. The highest BCUT2D eigenvalue weighted by Gasteiger charge is 2.24. The van der Waals surface area contributed by atoms with E-state index in [9.17, 15) is 4.79 Å². The van der Waals surface area contributed by atoms with Gasteiger partial charge in [0, 0.05) is 48.1 Å². The van der Waals surface area contributed by atoms with Gasteiger partial charge in [-0.15, -0.1) is 11.3 Å². The number of carbonyl (C=O) groups is 1. The number of aromatic nitrogens is 1. The smallest absolute Gasteiger partial charge is 0.224 e. The molecule has 0 radical (unpaired) electrons. The molecule has 0 unspecified atom stereocenters. The fraction of sp³-hybridized carbons (Fsp3) is 0.500. The van der Waals surface area contributed by atoms with Crippen molar-refractivity contribution in [2.45, 2.75) is 66.8 Å². The molecule has 1 aliphatic heterocycles. The lowest BCUT2D eigenvalue weighted by Gasteiger charge is -2.32. The minimum atomic E-state index is 0.220. The number of likely N-dealkylation sites (tertiary alicyclic amines) is 1. The van der Waals surface area contributed by atoms with E-state index in [1.807, 2.05) is 37.8 Å². The van der Waals surface area contributed by atoms with Crippen LogP contribution in [0.1, 0.15) is 63.0 Å². The predicted molar refractivity (Wildman–Crippen MR) is 168 cm³/mol. The van der Waals surface area contributed by atoms with Crippen molar-refractivity contribution in [1.82, 2.24) is 9.88 Å². The molecule has 1 fully saturated rings. The van der Waals surface area contributed by atoms with Crippen LogP contribution in [0.2, 0.25) is 5.02 Å². The summed E-state index contributed by atoms with van der Waals surface area (Å²) in [6, 6.07) is 16.6. The third-order valence-corrected chi connectivity index (χ3v) is 8.65. The van der Waals surface area contributed by atoms with Gasteiger partial charge in [0.1, 0.15) is 0 Å². The van der Waals surface area contributed by atoms with E-state index in [1.54, 1.807) is 11.3 Å². The Kier molecular flexibility index (Phi) is 12.3. The van der Waals surface area contributed by atoms with Gasteiger partial charge < -0.3 is 15.5 Å². The molecule has 2 N–H and O–H groups in total. The van der Waals surface area contributed by atoms with Crippen LogP contribution in [0.4, 0.5) is 5.13 Å². The number of nitrogens with two attached hydrogens (primary N) is 1. The van der Waals surface area contributed by atoms with Crippen molar-refractivity contribution >= 4 is 34.0 Å². The lowest BCUT2D eigenvalue weighted by atomic mass is 9.97. The van der Waals surface area contributed by atoms with Gasteiger partial charge in [-0.05, 0) is 61.8 Å². The van der Waals surface area contributed by atoms with Crippen LogP contribution < -0.4 is 10.6 Å². The molecule has 2 heterocycles. The van der Waals surface area contributed by atoms with Crippen LogP contribution in [0.15, 0.2) is 48.5 Å². The molecule has 7 heteroatoms. The molecule has 0 bridgehead atoms. The lowest BCUT2D eigenvalue weighted by Crippen LogP contribution is -2.41. The van der Waals surface area contributed by atoms with Crippen LogP contribution in [-0.2, 0) is 17.8 Å². The number of amides is 1. The van der Waals surface area contributed by atoms with E-state index in [2.05, 4.69) is 55.1 Å². The Balaban J connectivity index is 0.00000205. The largest absolute Gasteiger partial charge is 0.343 e. The van der Waals surface area contributed by atoms with Crippen LogP contribution >= 0.6 is 22.9 Å². The van der Waals surface area contributed by atoms with E-state index >= 15 is 0 Å². The molecule has 1 aromatic heterocycles. The maximum absolute atomic E-state index is 13.1. The Morgan fingerprint density at radius 1 is 1.15 bits per heavy atom. The number of thiazole rings is 1. The molecule has 5 nitrogen and oxygen atoms in total. The van der Waals surface area contributed by atoms with E-state index in [0.717, 1.165) is 59.3 Å². The molecule has 0 saturated carbocycles. The third kappa shape index (κ3) is 8.79. The maximum atomic E-state index is 13.1. The molecule has 0 atom stereocenters. The normalized spacial score (nSPS) is 13.8. The van der Waals surface area contributed by atoms with Gasteiger partial charge in [0.05, 0.1) is 5.69 Å². The number of hydrogen-bond acceptors (Lipinski definition) is 5. The minimum absolute atomic E-state index is 0.220. The molecule has 4 rings (SSSR count). The molecular formula is C32H45ClN4OS. The first-order valence-corrected chi connectivity index (χ1v) is 15.6. The second kappa shape index (κ2) is 15.4. The average molecular weight is 569 g/mol. The molecule has 0 aliphatic carbocycles. The fourth-order valence-electron chi connectivity index (χ4n) is 4.80. The van der Waals surface area contributed by atoms with Crippen molar-refractivity contribution in [3.63, 3.8) is 0 Å². The Morgan fingerprint density at radius 2 is 1.85 bits per heavy atom. The summed E-state index contributed by atoms with van der Waals surface area (Å²) in [7, 11) is 0. The Labute approximate surface area is 244 Å². The first-order valence-electron chi connectivity index (χ1n) is 14.4. The maximum Gasteiger partial charge on any atom is 0.224 e. The number of rotatable bonds is 10. The van der Waals surface area contributed by atoms with Gasteiger partial charge in [-0.25, -0.2) is 4.98 Å². The zero-order valence-electron chi connectivity index (χ0n) is 24.3. The van der Waals surface area contributed by atoms with Crippen LogP contribution in [-0.4, -0.2) is 42.0 Å². The van der Waals surface area contributed by atoms with Crippen LogP contribution in [0.25, 0.3) is 11.3 Å². The highest BCUT2D eigenvalue weighted by molar-refractivity contribution is 7.16. The average Bonchev–Trinajstić information content (AvgIpc) is 3.37. The zero-order chi connectivity index (χ0) is 28.4. The number of benzene rings is 2. The van der Waals surface area contributed by atoms with Crippen LogP contribution in [0.3, 0.4) is 0 Å². The Bertz CT molecular complexity index is 1170. The molecule has 0 spiro atoms. The lowest BCUT2D eigenvalue weighted by molar-refractivity contribution is -0.132. The van der Waals surface area contributed by atoms with Crippen molar-refractivity contribution < 1.29 is 4.79 Å². The third-order valence-electron chi connectivity index (χ3n) is 7.11. The van der Waals surface area contributed by atoms with Crippen molar-refractivity contribution in [2.75, 3.05) is 31.1 Å². The summed E-state index contributed by atoms with van der Waals surface area (Å²) in [6.45, 7) is 14.2. The summed E-state index contributed by atoms with van der Waals surface area (Å²) >= 11 is 8.23. The molecule has 1 saturated heterocycles. The van der Waals surface area contributed by atoms with Gasteiger partial charge in [-0.1, -0.05) is 81.8 Å². The van der Waals surface area contributed by atoms with Crippen molar-refractivity contribution in [2.24, 2.45) is 17.6 Å². The number of carbonyl (C=O) groups excluding carboxylic acids is 1. The summed E-state index contributed by atoms with van der Waals surface area (Å²) in [6.07, 6.45) is 3.44. The molecule has 2 aromatic carbocycles. The number of nitrogens with zero attached hydrogens (tertiary/aromatic N) is 3. The summed E-state index contributed by atoms with van der Waals surface area (Å²) in [5, 5.41) is 1.72. The highest BCUT2D eigenvalue weighted by atomic mass is 35.5. The van der Waals surface area contributed by atoms with E-state index < -0.39 is 0 Å². The Hall–Kier alpha value is -2.41. The SMILES string of the molecule is CC.Cc1ccc(-c2nc(N(CCC(=O)N3CCC(CN)CC3)Cc3ccccc3)sc2CC(C)C)cc1Cl. The monoisotopic (exact) mass is 568 g/mol. The molecular weight excluding hydrogens is 524 g/mol. The zero-order valence-corrected chi connectivity index (χ0v) is 25.8. The van der Waals surface area contributed by atoms with Gasteiger partial charge >= 0.3 is 0 Å². The van der Waals surface area contributed by atoms with Gasteiger partial charge in [-0.3, -0.25) is 4.79 Å². The van der Waals surface area contributed by atoms with Gasteiger partial charge in [0.25, 0.3) is 0 Å². The molecule has 1 amide bonds. The van der Waals surface area contributed by atoms with Gasteiger partial charge in [-0.2, -0.15) is 0 Å². The van der Waals surface area contributed by atoms with Crippen molar-refractivity contribution in [3.05, 3.63) is 69.6 Å². The first kappa shape index (κ1) is 31.1. The summed E-state index contributed by atoms with van der Waals surface area (Å²) < 4.78 is 0. The molecule has 39 heavy (non-hydrogen) atoms. The topological polar surface area (TPSA) is 62.5 Å². The van der Waals surface area contributed by atoms with E-state index in [1.165, 1.54) is 10.4 Å². The predicted octanol–water partition coefficient (Wildman–Crippen LogP) is 7.59. The number of aryl methyl sites for hydroxylation is 1. The Morgan fingerprint density at radius 3 is 2.46 bits per heavy atom.